The van der Waals surface area contributed by atoms with Crippen LogP contribution in [0.4, 0.5) is 0 Å². The minimum atomic E-state index is -0.340. The van der Waals surface area contributed by atoms with Gasteiger partial charge >= 0.3 is 5.97 Å². The number of hydrogen-bond acceptors (Lipinski definition) is 3. The summed E-state index contributed by atoms with van der Waals surface area (Å²) in [7, 11) is 1.34. The van der Waals surface area contributed by atoms with Gasteiger partial charge in [-0.25, -0.2) is 0 Å². The SMILES string of the molecule is COC(=O)CC1C(=O)NC[C@@H]1c1ccccc1. The molecule has 1 saturated heterocycles. The molecule has 1 aliphatic rings. The first-order valence-electron chi connectivity index (χ1n) is 5.62. The molecule has 0 spiro atoms. The van der Waals surface area contributed by atoms with Gasteiger partial charge in [0.25, 0.3) is 0 Å². The van der Waals surface area contributed by atoms with E-state index in [9.17, 15) is 9.59 Å². The average Bonchev–Trinajstić information content (AvgIpc) is 2.72. The van der Waals surface area contributed by atoms with Crippen LogP contribution in [0.2, 0.25) is 0 Å². The largest absolute Gasteiger partial charge is 0.469 e. The van der Waals surface area contributed by atoms with Gasteiger partial charge in [0.05, 0.1) is 19.4 Å². The second-order valence-electron chi connectivity index (χ2n) is 4.15. The number of nitrogens with one attached hydrogen (secondary N) is 1. The summed E-state index contributed by atoms with van der Waals surface area (Å²) >= 11 is 0. The molecule has 0 aromatic heterocycles. The van der Waals surface area contributed by atoms with Crippen molar-refractivity contribution in [2.45, 2.75) is 12.3 Å². The van der Waals surface area contributed by atoms with Crippen LogP contribution in [-0.4, -0.2) is 25.5 Å². The first-order chi connectivity index (χ1) is 8.22. The molecule has 0 aliphatic carbocycles. The zero-order chi connectivity index (χ0) is 12.3. The Hall–Kier alpha value is -1.84. The normalized spacial score (nSPS) is 23.2. The number of benzene rings is 1. The maximum atomic E-state index is 11.7. The maximum absolute atomic E-state index is 11.7. The highest BCUT2D eigenvalue weighted by atomic mass is 16.5. The Morgan fingerprint density at radius 3 is 2.76 bits per heavy atom. The van der Waals surface area contributed by atoms with Gasteiger partial charge in [-0.15, -0.1) is 0 Å². The molecule has 1 unspecified atom stereocenters. The summed E-state index contributed by atoms with van der Waals surface area (Å²) in [6.07, 6.45) is 0.141. The van der Waals surface area contributed by atoms with Crippen molar-refractivity contribution in [3.8, 4) is 0 Å². The number of methoxy groups -OCH3 is 1. The molecule has 1 aliphatic heterocycles. The van der Waals surface area contributed by atoms with E-state index >= 15 is 0 Å². The smallest absolute Gasteiger partial charge is 0.306 e. The molecule has 0 radical (unpaired) electrons. The Kier molecular flexibility index (Phi) is 3.42. The summed E-state index contributed by atoms with van der Waals surface area (Å²) < 4.78 is 4.63. The fraction of sp³-hybridized carbons (Fsp3) is 0.385. The highest BCUT2D eigenvalue weighted by molar-refractivity contribution is 5.86. The van der Waals surface area contributed by atoms with Crippen molar-refractivity contribution in [3.63, 3.8) is 0 Å². The molecular formula is C13H15NO3. The number of esters is 1. The van der Waals surface area contributed by atoms with Gasteiger partial charge in [-0.05, 0) is 5.56 Å². The summed E-state index contributed by atoms with van der Waals surface area (Å²) in [5.74, 6) is -0.662. The minimum absolute atomic E-state index is 0.0581. The van der Waals surface area contributed by atoms with Crippen molar-refractivity contribution in [3.05, 3.63) is 35.9 Å². The van der Waals surface area contributed by atoms with Gasteiger partial charge in [0.1, 0.15) is 0 Å². The fourth-order valence-corrected chi connectivity index (χ4v) is 2.21. The van der Waals surface area contributed by atoms with E-state index in [1.807, 2.05) is 30.3 Å². The van der Waals surface area contributed by atoms with E-state index in [1.54, 1.807) is 0 Å². The molecule has 1 N–H and O–H groups in total. The molecule has 1 amide bonds. The van der Waals surface area contributed by atoms with E-state index in [4.69, 9.17) is 0 Å². The molecule has 1 heterocycles. The number of hydrogen-bond donors (Lipinski definition) is 1. The lowest BCUT2D eigenvalue weighted by Crippen LogP contribution is -2.22. The van der Waals surface area contributed by atoms with Crippen LogP contribution in [0.25, 0.3) is 0 Å². The van der Waals surface area contributed by atoms with E-state index in [0.717, 1.165) is 5.56 Å². The van der Waals surface area contributed by atoms with Crippen molar-refractivity contribution in [2.75, 3.05) is 13.7 Å². The second kappa shape index (κ2) is 4.99. The monoisotopic (exact) mass is 233 g/mol. The number of carbonyl (C=O) groups is 2. The third-order valence-corrected chi connectivity index (χ3v) is 3.16. The number of ether oxygens (including phenoxy) is 1. The van der Waals surface area contributed by atoms with Crippen LogP contribution in [0.5, 0.6) is 0 Å². The van der Waals surface area contributed by atoms with Gasteiger partial charge in [0, 0.05) is 12.5 Å². The highest BCUT2D eigenvalue weighted by Crippen LogP contribution is 2.31. The van der Waals surface area contributed by atoms with Crippen LogP contribution in [0.1, 0.15) is 17.9 Å². The Labute approximate surface area is 100.0 Å². The lowest BCUT2D eigenvalue weighted by atomic mass is 9.86. The van der Waals surface area contributed by atoms with Crippen LogP contribution >= 0.6 is 0 Å². The number of rotatable bonds is 3. The Bertz CT molecular complexity index is 416. The second-order valence-corrected chi connectivity index (χ2v) is 4.15. The van der Waals surface area contributed by atoms with E-state index in [2.05, 4.69) is 10.1 Å². The zero-order valence-electron chi connectivity index (χ0n) is 9.68. The molecule has 17 heavy (non-hydrogen) atoms. The van der Waals surface area contributed by atoms with Crippen molar-refractivity contribution >= 4 is 11.9 Å². The molecule has 0 bridgehead atoms. The van der Waals surface area contributed by atoms with Crippen molar-refractivity contribution in [1.82, 2.24) is 5.32 Å². The topological polar surface area (TPSA) is 55.4 Å². The summed E-state index contributed by atoms with van der Waals surface area (Å²) in [5.41, 5.74) is 1.08. The summed E-state index contributed by atoms with van der Waals surface area (Å²) in [6, 6.07) is 9.77. The summed E-state index contributed by atoms with van der Waals surface area (Å²) in [6.45, 7) is 0.588. The summed E-state index contributed by atoms with van der Waals surface area (Å²) in [5, 5.41) is 2.80. The lowest BCUT2D eigenvalue weighted by molar-refractivity contribution is -0.143. The molecule has 2 rings (SSSR count). The Morgan fingerprint density at radius 2 is 2.12 bits per heavy atom. The van der Waals surface area contributed by atoms with Gasteiger partial charge in [0.2, 0.25) is 5.91 Å². The van der Waals surface area contributed by atoms with Crippen LogP contribution in [0.15, 0.2) is 30.3 Å². The van der Waals surface area contributed by atoms with Gasteiger partial charge in [-0.3, -0.25) is 9.59 Å². The molecule has 1 fully saturated rings. The predicted molar refractivity (Wildman–Crippen MR) is 62.3 cm³/mol. The molecule has 1 aromatic carbocycles. The van der Waals surface area contributed by atoms with Gasteiger partial charge < -0.3 is 10.1 Å². The number of amides is 1. The zero-order valence-corrected chi connectivity index (χ0v) is 9.68. The quantitative estimate of drug-likeness (QED) is 0.795. The highest BCUT2D eigenvalue weighted by Gasteiger charge is 2.37. The lowest BCUT2D eigenvalue weighted by Gasteiger charge is -2.15. The third kappa shape index (κ3) is 2.46. The predicted octanol–water partition coefficient (Wildman–Crippen LogP) is 1.08. The first kappa shape index (κ1) is 11.6. The molecule has 90 valence electrons. The molecule has 4 heteroatoms. The Balaban J connectivity index is 2.16. The van der Waals surface area contributed by atoms with E-state index in [1.165, 1.54) is 7.11 Å². The molecule has 0 saturated carbocycles. The molecule has 4 nitrogen and oxygen atoms in total. The van der Waals surface area contributed by atoms with Gasteiger partial charge in [-0.1, -0.05) is 30.3 Å². The van der Waals surface area contributed by atoms with Crippen molar-refractivity contribution < 1.29 is 14.3 Å². The fourth-order valence-electron chi connectivity index (χ4n) is 2.21. The van der Waals surface area contributed by atoms with Gasteiger partial charge in [0.15, 0.2) is 0 Å². The van der Waals surface area contributed by atoms with E-state index in [0.29, 0.717) is 6.54 Å². The third-order valence-electron chi connectivity index (χ3n) is 3.16. The number of carbonyl (C=O) groups excluding carboxylic acids is 2. The van der Waals surface area contributed by atoms with Crippen LogP contribution < -0.4 is 5.32 Å². The average molecular weight is 233 g/mol. The minimum Gasteiger partial charge on any atom is -0.469 e. The van der Waals surface area contributed by atoms with E-state index < -0.39 is 0 Å². The van der Waals surface area contributed by atoms with E-state index in [-0.39, 0.29) is 30.1 Å². The van der Waals surface area contributed by atoms with Crippen LogP contribution in [0.3, 0.4) is 0 Å². The molecular weight excluding hydrogens is 218 g/mol. The molecule has 2 atom stereocenters. The Morgan fingerprint density at radius 1 is 1.41 bits per heavy atom. The first-order valence-corrected chi connectivity index (χ1v) is 5.62. The molecule has 1 aromatic rings. The van der Waals surface area contributed by atoms with Crippen LogP contribution in [-0.2, 0) is 14.3 Å². The van der Waals surface area contributed by atoms with Gasteiger partial charge in [-0.2, -0.15) is 0 Å². The van der Waals surface area contributed by atoms with Crippen molar-refractivity contribution in [1.29, 1.82) is 0 Å². The van der Waals surface area contributed by atoms with Crippen molar-refractivity contribution in [2.24, 2.45) is 5.92 Å². The maximum Gasteiger partial charge on any atom is 0.306 e. The van der Waals surface area contributed by atoms with Crippen LogP contribution in [0, 0.1) is 5.92 Å². The standard InChI is InChI=1S/C13H15NO3/c1-17-12(15)7-10-11(8-14-13(10)16)9-5-3-2-4-6-9/h2-6,10-11H,7-8H2,1H3,(H,14,16)/t10?,11-/m1/s1. The summed E-state index contributed by atoms with van der Waals surface area (Å²) in [4.78, 5) is 23.0.